The molecule has 1 aliphatic heterocycles. The molecule has 100 valence electrons. The predicted octanol–water partition coefficient (Wildman–Crippen LogP) is 1.90. The van der Waals surface area contributed by atoms with Gasteiger partial charge in [-0.3, -0.25) is 0 Å². The maximum atomic E-state index is 11.1. The van der Waals surface area contributed by atoms with E-state index in [1.807, 2.05) is 6.07 Å². The van der Waals surface area contributed by atoms with E-state index < -0.39 is 6.09 Å². The number of nitriles is 1. The number of nitrogens with zero attached hydrogens (tertiary/aromatic N) is 3. The third-order valence-corrected chi connectivity index (χ3v) is 3.28. The van der Waals surface area contributed by atoms with Crippen LogP contribution in [-0.2, 0) is 0 Å². The Balaban J connectivity index is 1.92. The highest BCUT2D eigenvalue weighted by molar-refractivity contribution is 5.65. The van der Waals surface area contributed by atoms with Crippen molar-refractivity contribution in [2.24, 2.45) is 0 Å². The Morgan fingerprint density at radius 2 is 2.42 bits per heavy atom. The Morgan fingerprint density at radius 1 is 1.58 bits per heavy atom. The maximum absolute atomic E-state index is 11.1. The Bertz CT molecular complexity index is 480. The van der Waals surface area contributed by atoms with Gasteiger partial charge < -0.3 is 15.3 Å². The van der Waals surface area contributed by atoms with Gasteiger partial charge in [0.15, 0.2) is 0 Å². The normalized spacial score (nSPS) is 18.7. The fraction of sp³-hybridized carbons (Fsp3) is 0.462. The Labute approximate surface area is 111 Å². The molecular formula is C13H16N4O2. The summed E-state index contributed by atoms with van der Waals surface area (Å²) in [7, 11) is 0. The zero-order valence-corrected chi connectivity index (χ0v) is 10.5. The van der Waals surface area contributed by atoms with Crippen molar-refractivity contribution in [2.45, 2.75) is 25.3 Å². The van der Waals surface area contributed by atoms with Crippen molar-refractivity contribution < 1.29 is 9.90 Å². The molecule has 2 rings (SSSR count). The SMILES string of the molecule is N#Cc1ccc(NC[C@@H]2CCCCN2C(=O)O)nc1. The number of anilines is 1. The van der Waals surface area contributed by atoms with Crippen molar-refractivity contribution in [2.75, 3.05) is 18.4 Å². The minimum atomic E-state index is -0.862. The van der Waals surface area contributed by atoms with Crippen LogP contribution in [0.3, 0.4) is 0 Å². The second-order valence-electron chi connectivity index (χ2n) is 4.55. The molecule has 0 bridgehead atoms. The first-order valence-corrected chi connectivity index (χ1v) is 6.30. The van der Waals surface area contributed by atoms with E-state index in [2.05, 4.69) is 10.3 Å². The summed E-state index contributed by atoms with van der Waals surface area (Å²) in [5, 5.41) is 20.9. The first-order valence-electron chi connectivity index (χ1n) is 6.30. The smallest absolute Gasteiger partial charge is 0.407 e. The Kier molecular flexibility index (Phi) is 4.18. The summed E-state index contributed by atoms with van der Waals surface area (Å²) in [5.74, 6) is 0.662. The molecule has 0 saturated carbocycles. The molecule has 1 atom stereocenters. The molecule has 1 amide bonds. The molecule has 6 nitrogen and oxygen atoms in total. The molecule has 19 heavy (non-hydrogen) atoms. The van der Waals surface area contributed by atoms with Crippen LogP contribution in [0.15, 0.2) is 18.3 Å². The number of nitrogens with one attached hydrogen (secondary N) is 1. The highest BCUT2D eigenvalue weighted by Crippen LogP contribution is 2.17. The van der Waals surface area contributed by atoms with Gasteiger partial charge in [-0.25, -0.2) is 9.78 Å². The number of piperidine rings is 1. The van der Waals surface area contributed by atoms with E-state index >= 15 is 0 Å². The number of rotatable bonds is 3. The van der Waals surface area contributed by atoms with Crippen LogP contribution in [0.5, 0.6) is 0 Å². The average Bonchev–Trinajstić information content (AvgIpc) is 2.46. The fourth-order valence-electron chi connectivity index (χ4n) is 2.25. The van der Waals surface area contributed by atoms with Gasteiger partial charge in [0.1, 0.15) is 11.9 Å². The highest BCUT2D eigenvalue weighted by atomic mass is 16.4. The summed E-state index contributed by atoms with van der Waals surface area (Å²) in [6, 6.07) is 5.41. The Hall–Kier alpha value is -2.29. The van der Waals surface area contributed by atoms with Gasteiger partial charge in [0.2, 0.25) is 0 Å². The lowest BCUT2D eigenvalue weighted by molar-refractivity contribution is 0.110. The van der Waals surface area contributed by atoms with Gasteiger partial charge >= 0.3 is 6.09 Å². The molecule has 6 heteroatoms. The van der Waals surface area contributed by atoms with E-state index in [9.17, 15) is 4.79 Å². The van der Waals surface area contributed by atoms with Gasteiger partial charge in [-0.1, -0.05) is 0 Å². The van der Waals surface area contributed by atoms with E-state index in [-0.39, 0.29) is 6.04 Å². The predicted molar refractivity (Wildman–Crippen MR) is 69.8 cm³/mol. The van der Waals surface area contributed by atoms with E-state index in [1.54, 1.807) is 12.1 Å². The number of carboxylic acid groups (broad SMARTS) is 1. The third kappa shape index (κ3) is 3.35. The second-order valence-corrected chi connectivity index (χ2v) is 4.55. The molecule has 0 radical (unpaired) electrons. The molecule has 2 heterocycles. The van der Waals surface area contributed by atoms with Gasteiger partial charge in [-0.2, -0.15) is 5.26 Å². The van der Waals surface area contributed by atoms with Gasteiger partial charge in [-0.15, -0.1) is 0 Å². The minimum absolute atomic E-state index is 0.0105. The van der Waals surface area contributed by atoms with Crippen molar-refractivity contribution >= 4 is 11.9 Å². The quantitative estimate of drug-likeness (QED) is 0.866. The minimum Gasteiger partial charge on any atom is -0.465 e. The molecule has 0 aliphatic carbocycles. The molecule has 1 saturated heterocycles. The third-order valence-electron chi connectivity index (χ3n) is 3.28. The first-order chi connectivity index (χ1) is 9.20. The zero-order valence-electron chi connectivity index (χ0n) is 10.5. The fourth-order valence-corrected chi connectivity index (χ4v) is 2.25. The molecule has 0 aromatic carbocycles. The Morgan fingerprint density at radius 3 is 3.05 bits per heavy atom. The maximum Gasteiger partial charge on any atom is 0.407 e. The van der Waals surface area contributed by atoms with E-state index in [1.165, 1.54) is 11.1 Å². The van der Waals surface area contributed by atoms with E-state index in [4.69, 9.17) is 10.4 Å². The lowest BCUT2D eigenvalue weighted by atomic mass is 10.0. The lowest BCUT2D eigenvalue weighted by Crippen LogP contribution is -2.46. The molecule has 1 aliphatic rings. The van der Waals surface area contributed by atoms with Crippen LogP contribution in [0, 0.1) is 11.3 Å². The molecule has 1 aromatic heterocycles. The lowest BCUT2D eigenvalue weighted by Gasteiger charge is -2.33. The van der Waals surface area contributed by atoms with Crippen LogP contribution in [-0.4, -0.2) is 40.2 Å². The molecular weight excluding hydrogens is 244 g/mol. The molecule has 0 spiro atoms. The number of pyridine rings is 1. The summed E-state index contributed by atoms with van der Waals surface area (Å²) in [4.78, 5) is 16.7. The molecule has 0 unspecified atom stereocenters. The van der Waals surface area contributed by atoms with Crippen molar-refractivity contribution in [3.63, 3.8) is 0 Å². The second kappa shape index (κ2) is 6.05. The van der Waals surface area contributed by atoms with Gasteiger partial charge in [0.25, 0.3) is 0 Å². The van der Waals surface area contributed by atoms with Crippen LogP contribution in [0.1, 0.15) is 24.8 Å². The standard InChI is InChI=1S/C13H16N4O2/c14-7-10-4-5-12(15-8-10)16-9-11-3-1-2-6-17(11)13(18)19/h4-5,8,11H,1-3,6,9H2,(H,15,16)(H,18,19)/t11-/m0/s1. The van der Waals surface area contributed by atoms with Crippen LogP contribution in [0.2, 0.25) is 0 Å². The molecule has 1 fully saturated rings. The number of amides is 1. The highest BCUT2D eigenvalue weighted by Gasteiger charge is 2.25. The van der Waals surface area contributed by atoms with Crippen molar-refractivity contribution in [3.8, 4) is 6.07 Å². The monoisotopic (exact) mass is 260 g/mol. The van der Waals surface area contributed by atoms with Gasteiger partial charge in [0.05, 0.1) is 11.6 Å². The summed E-state index contributed by atoms with van der Waals surface area (Å²) in [6.45, 7) is 1.15. The first kappa shape index (κ1) is 13.1. The number of hydrogen-bond donors (Lipinski definition) is 2. The summed E-state index contributed by atoms with van der Waals surface area (Å²) in [6.07, 6.45) is 3.49. The van der Waals surface area contributed by atoms with Gasteiger partial charge in [-0.05, 0) is 31.4 Å². The van der Waals surface area contributed by atoms with Crippen molar-refractivity contribution in [3.05, 3.63) is 23.9 Å². The van der Waals surface area contributed by atoms with E-state index in [0.717, 1.165) is 19.3 Å². The molecule has 1 aromatic rings. The largest absolute Gasteiger partial charge is 0.465 e. The summed E-state index contributed by atoms with van der Waals surface area (Å²) >= 11 is 0. The number of likely N-dealkylation sites (tertiary alicyclic amines) is 1. The average molecular weight is 260 g/mol. The van der Waals surface area contributed by atoms with Crippen LogP contribution >= 0.6 is 0 Å². The van der Waals surface area contributed by atoms with Crippen LogP contribution in [0.25, 0.3) is 0 Å². The zero-order chi connectivity index (χ0) is 13.7. The van der Waals surface area contributed by atoms with Crippen molar-refractivity contribution in [1.29, 1.82) is 5.26 Å². The molecule has 2 N–H and O–H groups in total. The van der Waals surface area contributed by atoms with Crippen LogP contribution < -0.4 is 5.32 Å². The topological polar surface area (TPSA) is 89.2 Å². The summed E-state index contributed by atoms with van der Waals surface area (Å²) in [5.41, 5.74) is 0.510. The number of carbonyl (C=O) groups is 1. The summed E-state index contributed by atoms with van der Waals surface area (Å²) < 4.78 is 0. The van der Waals surface area contributed by atoms with Gasteiger partial charge in [0, 0.05) is 19.3 Å². The number of aromatic nitrogens is 1. The van der Waals surface area contributed by atoms with Crippen molar-refractivity contribution in [1.82, 2.24) is 9.88 Å². The van der Waals surface area contributed by atoms with E-state index in [0.29, 0.717) is 24.5 Å². The van der Waals surface area contributed by atoms with Crippen LogP contribution in [0.4, 0.5) is 10.6 Å². The number of hydrogen-bond acceptors (Lipinski definition) is 4.